The van der Waals surface area contributed by atoms with Crippen LogP contribution in [0.1, 0.15) is 90.9 Å². The minimum Gasteiger partial charge on any atom is -0.462 e. The Labute approximate surface area is 257 Å². The van der Waals surface area contributed by atoms with Crippen molar-refractivity contribution in [1.29, 1.82) is 0 Å². The number of rotatable bonds is 23. The van der Waals surface area contributed by atoms with Crippen molar-refractivity contribution in [3.05, 3.63) is 48.6 Å². The van der Waals surface area contributed by atoms with Gasteiger partial charge in [-0.2, -0.15) is 0 Å². The fraction of sp³-hybridized carbons (Fsp3) is 0.697. The Hall–Kier alpha value is -2.34. The summed E-state index contributed by atoms with van der Waals surface area (Å²) in [5.41, 5.74) is 0. The molecule has 1 saturated heterocycles. The standard InChI is InChI=1S/C33H54O10/c1-3-5-6-7-8-9-10-11-12-13-14-15-16-17-18-19-20-22-29(36)42-26(24-40-28(35)21-4-2)25-41-33-32(39)31(38)30(37)27(23-34)43-33/h5-6,8-9,11-12,14-15,26-27,30-34,37-39H,3-4,7,10,13,16-25H2,1-2H3/b6-5-,9-8-,12-11-,15-14-. The summed E-state index contributed by atoms with van der Waals surface area (Å²) in [7, 11) is 0. The Morgan fingerprint density at radius 2 is 1.37 bits per heavy atom. The zero-order chi connectivity index (χ0) is 31.7. The van der Waals surface area contributed by atoms with Crippen molar-refractivity contribution in [3.8, 4) is 0 Å². The third-order valence-electron chi connectivity index (χ3n) is 6.70. The van der Waals surface area contributed by atoms with Gasteiger partial charge in [0.1, 0.15) is 31.0 Å². The molecule has 10 heteroatoms. The molecule has 0 aromatic rings. The molecule has 43 heavy (non-hydrogen) atoms. The van der Waals surface area contributed by atoms with Gasteiger partial charge >= 0.3 is 11.9 Å². The zero-order valence-electron chi connectivity index (χ0n) is 25.9. The van der Waals surface area contributed by atoms with Crippen molar-refractivity contribution in [2.75, 3.05) is 19.8 Å². The number of aliphatic hydroxyl groups is 4. The van der Waals surface area contributed by atoms with E-state index < -0.39 is 55.4 Å². The van der Waals surface area contributed by atoms with E-state index in [4.69, 9.17) is 18.9 Å². The molecule has 246 valence electrons. The molecular formula is C33H54O10. The molecule has 1 aliphatic heterocycles. The molecular weight excluding hydrogens is 556 g/mol. The van der Waals surface area contributed by atoms with E-state index in [1.54, 1.807) is 0 Å². The number of unbranched alkanes of at least 4 members (excludes halogenated alkanes) is 4. The molecule has 6 atom stereocenters. The summed E-state index contributed by atoms with van der Waals surface area (Å²) in [5.74, 6) is -0.905. The van der Waals surface area contributed by atoms with Crippen LogP contribution < -0.4 is 0 Å². The van der Waals surface area contributed by atoms with Crippen LogP contribution in [0, 0.1) is 0 Å². The quantitative estimate of drug-likeness (QED) is 0.0752. The van der Waals surface area contributed by atoms with Gasteiger partial charge in [-0.3, -0.25) is 9.59 Å². The Balaban J connectivity index is 2.32. The minimum atomic E-state index is -1.60. The largest absolute Gasteiger partial charge is 0.462 e. The molecule has 10 nitrogen and oxygen atoms in total. The number of aliphatic hydroxyl groups excluding tert-OH is 4. The Morgan fingerprint density at radius 1 is 0.744 bits per heavy atom. The molecule has 0 saturated carbocycles. The number of ether oxygens (including phenoxy) is 4. The van der Waals surface area contributed by atoms with Crippen LogP contribution in [-0.2, 0) is 28.5 Å². The maximum atomic E-state index is 12.5. The van der Waals surface area contributed by atoms with E-state index >= 15 is 0 Å². The topological polar surface area (TPSA) is 152 Å². The molecule has 4 N–H and O–H groups in total. The van der Waals surface area contributed by atoms with Crippen LogP contribution in [0.2, 0.25) is 0 Å². The number of carbonyl (C=O) groups is 2. The van der Waals surface area contributed by atoms with E-state index in [2.05, 4.69) is 55.5 Å². The molecule has 1 fully saturated rings. The maximum Gasteiger partial charge on any atom is 0.306 e. The molecule has 0 aliphatic carbocycles. The zero-order valence-corrected chi connectivity index (χ0v) is 25.9. The smallest absolute Gasteiger partial charge is 0.306 e. The summed E-state index contributed by atoms with van der Waals surface area (Å²) in [5, 5.41) is 39.4. The van der Waals surface area contributed by atoms with E-state index in [1.165, 1.54) is 0 Å². The predicted octanol–water partition coefficient (Wildman–Crippen LogP) is 4.20. The highest BCUT2D eigenvalue weighted by atomic mass is 16.7. The lowest BCUT2D eigenvalue weighted by molar-refractivity contribution is -0.305. The van der Waals surface area contributed by atoms with Crippen molar-refractivity contribution in [2.45, 2.75) is 128 Å². The molecule has 0 aromatic carbocycles. The van der Waals surface area contributed by atoms with Crippen molar-refractivity contribution in [2.24, 2.45) is 0 Å². The van der Waals surface area contributed by atoms with Gasteiger partial charge < -0.3 is 39.4 Å². The van der Waals surface area contributed by atoms with E-state index in [9.17, 15) is 30.0 Å². The minimum absolute atomic E-state index is 0.198. The third kappa shape index (κ3) is 18.2. The second-order valence-corrected chi connectivity index (χ2v) is 10.5. The fourth-order valence-electron chi connectivity index (χ4n) is 4.21. The number of hydrogen-bond donors (Lipinski definition) is 4. The van der Waals surface area contributed by atoms with Crippen LogP contribution in [0.5, 0.6) is 0 Å². The van der Waals surface area contributed by atoms with Gasteiger partial charge in [-0.1, -0.05) is 75.3 Å². The van der Waals surface area contributed by atoms with Gasteiger partial charge in [0, 0.05) is 12.8 Å². The molecule has 0 spiro atoms. The first-order chi connectivity index (χ1) is 20.8. The van der Waals surface area contributed by atoms with E-state index in [0.717, 1.165) is 51.4 Å². The normalized spacial score (nSPS) is 23.5. The summed E-state index contributed by atoms with van der Waals surface area (Å²) in [6.07, 6.45) is 18.7. The number of esters is 2. The summed E-state index contributed by atoms with van der Waals surface area (Å²) in [4.78, 5) is 24.3. The first-order valence-electron chi connectivity index (χ1n) is 15.7. The second kappa shape index (κ2) is 25.0. The van der Waals surface area contributed by atoms with Crippen LogP contribution in [-0.4, -0.2) is 89.0 Å². The van der Waals surface area contributed by atoms with E-state index in [-0.39, 0.29) is 26.1 Å². The Kier molecular flexibility index (Phi) is 22.5. The van der Waals surface area contributed by atoms with Gasteiger partial charge in [0.05, 0.1) is 13.2 Å². The Bertz CT molecular complexity index is 851. The average molecular weight is 611 g/mol. The lowest BCUT2D eigenvalue weighted by atomic mass is 9.99. The van der Waals surface area contributed by atoms with Gasteiger partial charge in [-0.25, -0.2) is 0 Å². The summed E-state index contributed by atoms with van der Waals surface area (Å²) in [6, 6.07) is 0. The van der Waals surface area contributed by atoms with Gasteiger partial charge in [0.25, 0.3) is 0 Å². The molecule has 0 aromatic heterocycles. The fourth-order valence-corrected chi connectivity index (χ4v) is 4.21. The predicted molar refractivity (Wildman–Crippen MR) is 164 cm³/mol. The molecule has 0 bridgehead atoms. The molecule has 0 amide bonds. The van der Waals surface area contributed by atoms with Crippen molar-refractivity contribution < 1.29 is 49.0 Å². The summed E-state index contributed by atoms with van der Waals surface area (Å²) >= 11 is 0. The molecule has 1 rings (SSSR count). The van der Waals surface area contributed by atoms with Crippen LogP contribution >= 0.6 is 0 Å². The monoisotopic (exact) mass is 610 g/mol. The lowest BCUT2D eigenvalue weighted by Gasteiger charge is -2.39. The second-order valence-electron chi connectivity index (χ2n) is 10.5. The lowest BCUT2D eigenvalue weighted by Crippen LogP contribution is -2.59. The SMILES string of the molecule is CC/C=C\C/C=C\C/C=C\C/C=C\CCCCCCC(=O)OC(COC(=O)CCC)COC1OC(CO)C(O)C(O)C1O. The highest BCUT2D eigenvalue weighted by Crippen LogP contribution is 2.22. The van der Waals surface area contributed by atoms with Crippen LogP contribution in [0.4, 0.5) is 0 Å². The molecule has 0 radical (unpaired) electrons. The van der Waals surface area contributed by atoms with Crippen molar-refractivity contribution >= 4 is 11.9 Å². The molecule has 1 heterocycles. The molecule has 1 aliphatic rings. The highest BCUT2D eigenvalue weighted by molar-refractivity contribution is 5.70. The number of hydrogen-bond acceptors (Lipinski definition) is 10. The first kappa shape index (κ1) is 38.7. The molecule has 6 unspecified atom stereocenters. The van der Waals surface area contributed by atoms with Gasteiger partial charge in [0.2, 0.25) is 0 Å². The average Bonchev–Trinajstić information content (AvgIpc) is 2.99. The van der Waals surface area contributed by atoms with Crippen molar-refractivity contribution in [3.63, 3.8) is 0 Å². The van der Waals surface area contributed by atoms with Gasteiger partial charge in [0.15, 0.2) is 12.4 Å². The van der Waals surface area contributed by atoms with E-state index in [0.29, 0.717) is 12.8 Å². The summed E-state index contributed by atoms with van der Waals surface area (Å²) in [6.45, 7) is 2.84. The number of allylic oxidation sites excluding steroid dienone is 8. The highest BCUT2D eigenvalue weighted by Gasteiger charge is 2.44. The van der Waals surface area contributed by atoms with Crippen LogP contribution in [0.15, 0.2) is 48.6 Å². The maximum absolute atomic E-state index is 12.5. The summed E-state index contributed by atoms with van der Waals surface area (Å²) < 4.78 is 21.5. The van der Waals surface area contributed by atoms with Gasteiger partial charge in [-0.15, -0.1) is 0 Å². The van der Waals surface area contributed by atoms with Gasteiger partial charge in [-0.05, 0) is 51.4 Å². The number of carbonyl (C=O) groups excluding carboxylic acids is 2. The van der Waals surface area contributed by atoms with Crippen LogP contribution in [0.3, 0.4) is 0 Å². The Morgan fingerprint density at radius 3 is 2.00 bits per heavy atom. The first-order valence-corrected chi connectivity index (χ1v) is 15.7. The van der Waals surface area contributed by atoms with E-state index in [1.807, 2.05) is 6.92 Å². The third-order valence-corrected chi connectivity index (χ3v) is 6.70. The van der Waals surface area contributed by atoms with Crippen LogP contribution in [0.25, 0.3) is 0 Å². The van der Waals surface area contributed by atoms with Crippen molar-refractivity contribution in [1.82, 2.24) is 0 Å².